The van der Waals surface area contributed by atoms with Crippen molar-refractivity contribution in [2.24, 2.45) is 5.73 Å². The summed E-state index contributed by atoms with van der Waals surface area (Å²) in [4.78, 5) is 21.0. The summed E-state index contributed by atoms with van der Waals surface area (Å²) in [5.74, 6) is 2.68. The molecule has 0 spiro atoms. The summed E-state index contributed by atoms with van der Waals surface area (Å²) >= 11 is 2.04. The highest BCUT2D eigenvalue weighted by atomic mass is 32.2. The van der Waals surface area contributed by atoms with Crippen LogP contribution in [-0.4, -0.2) is 71.6 Å². The van der Waals surface area contributed by atoms with Crippen LogP contribution in [0.25, 0.3) is 11.1 Å². The Hall–Kier alpha value is -2.91. The Kier molecular flexibility index (Phi) is 8.18. The van der Waals surface area contributed by atoms with Crippen molar-refractivity contribution in [1.29, 1.82) is 0 Å². The molecule has 7 nitrogen and oxygen atoms in total. The second-order valence-electron chi connectivity index (χ2n) is 9.12. The highest BCUT2D eigenvalue weighted by Gasteiger charge is 2.17. The highest BCUT2D eigenvalue weighted by molar-refractivity contribution is 7.99. The third-order valence-electron chi connectivity index (χ3n) is 6.57. The predicted octanol–water partition coefficient (Wildman–Crippen LogP) is 4.02. The zero-order chi connectivity index (χ0) is 24.7. The summed E-state index contributed by atoms with van der Waals surface area (Å²) in [6, 6.07) is 18.1. The number of nitrogens with two attached hydrogens (primary N) is 1. The van der Waals surface area contributed by atoms with Crippen LogP contribution in [0.2, 0.25) is 0 Å². The van der Waals surface area contributed by atoms with Gasteiger partial charge in [-0.1, -0.05) is 30.3 Å². The number of ether oxygens (including phenoxy) is 2. The molecule has 8 heteroatoms. The maximum absolute atomic E-state index is 11.8. The van der Waals surface area contributed by atoms with Crippen molar-refractivity contribution < 1.29 is 14.3 Å². The van der Waals surface area contributed by atoms with Gasteiger partial charge in [-0.05, 0) is 46.5 Å². The fourth-order valence-electron chi connectivity index (χ4n) is 4.67. The molecule has 188 valence electrons. The lowest BCUT2D eigenvalue weighted by Crippen LogP contribution is -2.36. The summed E-state index contributed by atoms with van der Waals surface area (Å²) in [5, 5.41) is 0. The molecule has 2 aromatic carbocycles. The van der Waals surface area contributed by atoms with E-state index in [-0.39, 0.29) is 11.4 Å². The van der Waals surface area contributed by atoms with Crippen molar-refractivity contribution in [3.8, 4) is 22.8 Å². The van der Waals surface area contributed by atoms with Gasteiger partial charge in [0.15, 0.2) is 0 Å². The smallest absolute Gasteiger partial charge is 0.254 e. The summed E-state index contributed by atoms with van der Waals surface area (Å²) in [5.41, 5.74) is 10.7. The molecule has 2 aliphatic rings. The van der Waals surface area contributed by atoms with Crippen molar-refractivity contribution in [2.45, 2.75) is 13.1 Å². The maximum atomic E-state index is 11.8. The monoisotopic (exact) mass is 504 g/mol. The molecule has 3 aromatic rings. The molecule has 2 fully saturated rings. The average Bonchev–Trinajstić information content (AvgIpc) is 2.90. The topological polar surface area (TPSA) is 80.9 Å². The van der Waals surface area contributed by atoms with E-state index in [9.17, 15) is 4.79 Å². The molecule has 2 saturated heterocycles. The number of amides is 1. The van der Waals surface area contributed by atoms with Gasteiger partial charge in [0.1, 0.15) is 11.3 Å². The van der Waals surface area contributed by atoms with Gasteiger partial charge in [-0.2, -0.15) is 11.8 Å². The van der Waals surface area contributed by atoms with Gasteiger partial charge in [0, 0.05) is 57.0 Å². The van der Waals surface area contributed by atoms with Crippen LogP contribution in [-0.2, 0) is 17.8 Å². The summed E-state index contributed by atoms with van der Waals surface area (Å²) in [6.07, 6.45) is 1.59. The molecule has 1 aromatic heterocycles. The molecule has 0 aliphatic carbocycles. The third-order valence-corrected chi connectivity index (χ3v) is 7.52. The molecule has 2 aliphatic heterocycles. The molecule has 0 radical (unpaired) electrons. The molecular formula is C28H32N4O3S. The first kappa shape index (κ1) is 24.8. The number of nitrogens with zero attached hydrogens (tertiary/aromatic N) is 3. The van der Waals surface area contributed by atoms with Gasteiger partial charge in [-0.25, -0.2) is 4.98 Å². The first-order valence-electron chi connectivity index (χ1n) is 12.4. The fraction of sp³-hybridized carbons (Fsp3) is 0.357. The van der Waals surface area contributed by atoms with E-state index in [1.54, 1.807) is 18.3 Å². The Morgan fingerprint density at radius 1 is 0.972 bits per heavy atom. The number of rotatable bonds is 8. The number of morpholine rings is 1. The highest BCUT2D eigenvalue weighted by Crippen LogP contribution is 2.31. The maximum Gasteiger partial charge on any atom is 0.254 e. The summed E-state index contributed by atoms with van der Waals surface area (Å²) in [6.45, 7) is 7.57. The van der Waals surface area contributed by atoms with Gasteiger partial charge < -0.3 is 15.2 Å². The SMILES string of the molecule is NC(=O)c1cccnc1Oc1cccc(-c2ccc(CN3CCSCC3)cc2CN2CCOCC2)c1. The lowest BCUT2D eigenvalue weighted by molar-refractivity contribution is 0.0342. The number of hydrogen-bond acceptors (Lipinski definition) is 7. The van der Waals surface area contributed by atoms with E-state index in [2.05, 4.69) is 39.0 Å². The van der Waals surface area contributed by atoms with Crippen LogP contribution >= 0.6 is 11.8 Å². The quantitative estimate of drug-likeness (QED) is 0.496. The van der Waals surface area contributed by atoms with Crippen LogP contribution < -0.4 is 10.5 Å². The molecule has 36 heavy (non-hydrogen) atoms. The second kappa shape index (κ2) is 11.9. The minimum absolute atomic E-state index is 0.214. The summed E-state index contributed by atoms with van der Waals surface area (Å²) in [7, 11) is 0. The van der Waals surface area contributed by atoms with Crippen molar-refractivity contribution in [2.75, 3.05) is 50.9 Å². The summed E-state index contributed by atoms with van der Waals surface area (Å²) < 4.78 is 11.6. The van der Waals surface area contributed by atoms with Crippen LogP contribution in [0.4, 0.5) is 0 Å². The van der Waals surface area contributed by atoms with Crippen molar-refractivity contribution in [3.63, 3.8) is 0 Å². The van der Waals surface area contributed by atoms with E-state index in [0.29, 0.717) is 5.75 Å². The Morgan fingerprint density at radius 2 is 1.78 bits per heavy atom. The molecule has 0 unspecified atom stereocenters. The molecule has 0 atom stereocenters. The van der Waals surface area contributed by atoms with E-state index in [4.69, 9.17) is 15.2 Å². The number of pyridine rings is 1. The van der Waals surface area contributed by atoms with E-state index < -0.39 is 5.91 Å². The van der Waals surface area contributed by atoms with Crippen molar-refractivity contribution >= 4 is 17.7 Å². The molecule has 2 N–H and O–H groups in total. The Labute approximate surface area is 216 Å². The molecule has 5 rings (SSSR count). The van der Waals surface area contributed by atoms with Crippen LogP contribution in [0.15, 0.2) is 60.8 Å². The Morgan fingerprint density at radius 3 is 2.58 bits per heavy atom. The number of carbonyl (C=O) groups excluding carboxylic acids is 1. The van der Waals surface area contributed by atoms with E-state index in [1.807, 2.05) is 30.0 Å². The standard InChI is InChI=1S/C28H32N4O3S/c29-27(33)26-5-2-8-30-28(26)35-24-4-1-3-22(18-24)25-7-6-21(19-32-11-15-36-16-12-32)17-23(25)20-31-9-13-34-14-10-31/h1-8,17-18H,9-16,19-20H2,(H2,29,33). The number of primary amides is 1. The Bertz CT molecular complexity index is 1190. The van der Waals surface area contributed by atoms with Crippen LogP contribution in [0.1, 0.15) is 21.5 Å². The van der Waals surface area contributed by atoms with Gasteiger partial charge in [-0.15, -0.1) is 0 Å². The van der Waals surface area contributed by atoms with Gasteiger partial charge in [0.05, 0.1) is 13.2 Å². The van der Waals surface area contributed by atoms with E-state index >= 15 is 0 Å². The van der Waals surface area contributed by atoms with Crippen molar-refractivity contribution in [1.82, 2.24) is 14.8 Å². The zero-order valence-corrected chi connectivity index (χ0v) is 21.2. The second-order valence-corrected chi connectivity index (χ2v) is 10.3. The Balaban J connectivity index is 1.43. The number of aromatic nitrogens is 1. The molecular weight excluding hydrogens is 472 g/mol. The molecule has 0 bridgehead atoms. The third kappa shape index (κ3) is 6.25. The minimum atomic E-state index is -0.565. The first-order valence-corrected chi connectivity index (χ1v) is 13.6. The van der Waals surface area contributed by atoms with E-state index in [0.717, 1.165) is 58.0 Å². The van der Waals surface area contributed by atoms with Gasteiger partial charge in [0.2, 0.25) is 5.88 Å². The van der Waals surface area contributed by atoms with Gasteiger partial charge in [-0.3, -0.25) is 14.6 Å². The average molecular weight is 505 g/mol. The van der Waals surface area contributed by atoms with Gasteiger partial charge >= 0.3 is 0 Å². The normalized spacial score (nSPS) is 17.1. The number of carbonyl (C=O) groups is 1. The largest absolute Gasteiger partial charge is 0.438 e. The molecule has 3 heterocycles. The minimum Gasteiger partial charge on any atom is -0.438 e. The zero-order valence-electron chi connectivity index (χ0n) is 20.4. The van der Waals surface area contributed by atoms with Crippen LogP contribution in [0.5, 0.6) is 11.6 Å². The van der Waals surface area contributed by atoms with E-state index in [1.165, 1.54) is 28.2 Å². The molecule has 0 saturated carbocycles. The lowest BCUT2D eigenvalue weighted by atomic mass is 9.96. The van der Waals surface area contributed by atoms with Crippen LogP contribution in [0, 0.1) is 0 Å². The fourth-order valence-corrected chi connectivity index (χ4v) is 5.65. The molecule has 1 amide bonds. The number of benzene rings is 2. The predicted molar refractivity (Wildman–Crippen MR) is 143 cm³/mol. The van der Waals surface area contributed by atoms with Crippen molar-refractivity contribution in [3.05, 3.63) is 77.5 Å². The van der Waals surface area contributed by atoms with Crippen LogP contribution in [0.3, 0.4) is 0 Å². The lowest BCUT2D eigenvalue weighted by Gasteiger charge is -2.29. The number of thioether (sulfide) groups is 1. The first-order chi connectivity index (χ1) is 17.7. The van der Waals surface area contributed by atoms with Gasteiger partial charge in [0.25, 0.3) is 5.91 Å². The number of hydrogen-bond donors (Lipinski definition) is 1.